The van der Waals surface area contributed by atoms with Crippen LogP contribution in [0, 0.1) is 0 Å². The van der Waals surface area contributed by atoms with E-state index >= 15 is 0 Å². The summed E-state index contributed by atoms with van der Waals surface area (Å²) in [6, 6.07) is 8.14. The number of hydrogen-bond acceptors (Lipinski definition) is 6. The van der Waals surface area contributed by atoms with Crippen molar-refractivity contribution in [2.24, 2.45) is 0 Å². The minimum atomic E-state index is -0.374. The first kappa shape index (κ1) is 15.9. The molecule has 1 amide bonds. The van der Waals surface area contributed by atoms with Crippen LogP contribution in [0.5, 0.6) is 0 Å². The SMILES string of the molecule is CC(C)(C)c1ccc(-c2nnc(SC[C@@H]3CNC(=O)O3)o2)cc1. The molecule has 122 valence electrons. The van der Waals surface area contributed by atoms with Gasteiger partial charge < -0.3 is 14.5 Å². The number of nitrogens with one attached hydrogen (secondary N) is 1. The van der Waals surface area contributed by atoms with Crippen LogP contribution in [0.1, 0.15) is 26.3 Å². The highest BCUT2D eigenvalue weighted by atomic mass is 32.2. The molecule has 0 radical (unpaired) electrons. The predicted molar refractivity (Wildman–Crippen MR) is 87.4 cm³/mol. The topological polar surface area (TPSA) is 77.2 Å². The Labute approximate surface area is 139 Å². The average Bonchev–Trinajstić information content (AvgIpc) is 3.13. The van der Waals surface area contributed by atoms with E-state index in [0.717, 1.165) is 5.56 Å². The first-order chi connectivity index (χ1) is 10.9. The van der Waals surface area contributed by atoms with Gasteiger partial charge in [-0.1, -0.05) is 44.7 Å². The van der Waals surface area contributed by atoms with Crippen LogP contribution in [0.15, 0.2) is 33.9 Å². The standard InChI is InChI=1S/C16H19N3O3S/c1-16(2,3)11-6-4-10(5-7-11)13-18-19-15(22-13)23-9-12-8-17-14(20)21-12/h4-7,12H,8-9H2,1-3H3,(H,17,20)/t12-/m0/s1. The van der Waals surface area contributed by atoms with Gasteiger partial charge in [-0.2, -0.15) is 0 Å². The fourth-order valence-electron chi connectivity index (χ4n) is 2.19. The lowest BCUT2D eigenvalue weighted by molar-refractivity contribution is 0.150. The lowest BCUT2D eigenvalue weighted by atomic mass is 9.87. The van der Waals surface area contributed by atoms with Crippen LogP contribution in [0.3, 0.4) is 0 Å². The summed E-state index contributed by atoms with van der Waals surface area (Å²) in [7, 11) is 0. The number of cyclic esters (lactones) is 1. The highest BCUT2D eigenvalue weighted by molar-refractivity contribution is 7.99. The third-order valence-electron chi connectivity index (χ3n) is 3.54. The molecule has 23 heavy (non-hydrogen) atoms. The zero-order valence-corrected chi connectivity index (χ0v) is 14.1. The van der Waals surface area contributed by atoms with Crippen LogP contribution >= 0.6 is 11.8 Å². The van der Waals surface area contributed by atoms with Crippen molar-refractivity contribution in [3.05, 3.63) is 29.8 Å². The molecule has 1 N–H and O–H groups in total. The number of benzene rings is 1. The summed E-state index contributed by atoms with van der Waals surface area (Å²) in [4.78, 5) is 11.0. The molecule has 1 fully saturated rings. The number of aromatic nitrogens is 2. The van der Waals surface area contributed by atoms with E-state index in [0.29, 0.717) is 23.4 Å². The second-order valence-electron chi connectivity index (χ2n) is 6.42. The van der Waals surface area contributed by atoms with E-state index in [2.05, 4.69) is 48.4 Å². The van der Waals surface area contributed by atoms with Crippen LogP contribution < -0.4 is 5.32 Å². The molecule has 0 saturated carbocycles. The van der Waals surface area contributed by atoms with Crippen molar-refractivity contribution in [1.82, 2.24) is 15.5 Å². The van der Waals surface area contributed by atoms with Crippen molar-refractivity contribution in [3.63, 3.8) is 0 Å². The fraction of sp³-hybridized carbons (Fsp3) is 0.438. The molecular weight excluding hydrogens is 314 g/mol. The van der Waals surface area contributed by atoms with Crippen LogP contribution in [-0.4, -0.2) is 34.7 Å². The van der Waals surface area contributed by atoms with Gasteiger partial charge in [0.05, 0.1) is 6.54 Å². The van der Waals surface area contributed by atoms with Crippen molar-refractivity contribution in [3.8, 4) is 11.5 Å². The molecule has 0 bridgehead atoms. The molecule has 3 rings (SSSR count). The molecule has 1 saturated heterocycles. The monoisotopic (exact) mass is 333 g/mol. The number of thioether (sulfide) groups is 1. The Bertz CT molecular complexity index is 691. The first-order valence-electron chi connectivity index (χ1n) is 7.43. The third kappa shape index (κ3) is 3.85. The zero-order valence-electron chi connectivity index (χ0n) is 13.3. The summed E-state index contributed by atoms with van der Waals surface area (Å²) in [5.74, 6) is 1.08. The molecule has 0 unspecified atom stereocenters. The first-order valence-corrected chi connectivity index (χ1v) is 8.42. The van der Waals surface area contributed by atoms with E-state index in [4.69, 9.17) is 9.15 Å². The number of alkyl carbamates (subject to hydrolysis) is 1. The highest BCUT2D eigenvalue weighted by Crippen LogP contribution is 2.27. The molecule has 7 heteroatoms. The molecule has 0 spiro atoms. The Morgan fingerprint density at radius 1 is 1.26 bits per heavy atom. The smallest absolute Gasteiger partial charge is 0.407 e. The maximum atomic E-state index is 11.0. The summed E-state index contributed by atoms with van der Waals surface area (Å²) in [6.45, 7) is 7.04. The van der Waals surface area contributed by atoms with E-state index in [1.54, 1.807) is 0 Å². The van der Waals surface area contributed by atoms with Gasteiger partial charge in [-0.05, 0) is 23.1 Å². The number of nitrogens with zero attached hydrogens (tertiary/aromatic N) is 2. The van der Waals surface area contributed by atoms with Gasteiger partial charge in [-0.25, -0.2) is 4.79 Å². The third-order valence-corrected chi connectivity index (χ3v) is 4.50. The van der Waals surface area contributed by atoms with E-state index < -0.39 is 0 Å². The van der Waals surface area contributed by atoms with E-state index in [9.17, 15) is 4.79 Å². The summed E-state index contributed by atoms with van der Waals surface area (Å²) < 4.78 is 10.7. The van der Waals surface area contributed by atoms with Crippen molar-refractivity contribution in [1.29, 1.82) is 0 Å². The second-order valence-corrected chi connectivity index (χ2v) is 7.39. The van der Waals surface area contributed by atoms with Crippen LogP contribution in [0.25, 0.3) is 11.5 Å². The highest BCUT2D eigenvalue weighted by Gasteiger charge is 2.23. The Balaban J connectivity index is 1.63. The molecule has 1 aliphatic heterocycles. The van der Waals surface area contributed by atoms with Crippen molar-refractivity contribution in [2.45, 2.75) is 37.5 Å². The van der Waals surface area contributed by atoms with E-state index in [1.165, 1.54) is 17.3 Å². The predicted octanol–water partition coefficient (Wildman–Crippen LogP) is 3.23. The van der Waals surface area contributed by atoms with E-state index in [1.807, 2.05) is 12.1 Å². The van der Waals surface area contributed by atoms with Gasteiger partial charge in [0.25, 0.3) is 5.22 Å². The van der Waals surface area contributed by atoms with Crippen LogP contribution in [0.2, 0.25) is 0 Å². The van der Waals surface area contributed by atoms with Crippen molar-refractivity contribution >= 4 is 17.9 Å². The molecule has 6 nitrogen and oxygen atoms in total. The van der Waals surface area contributed by atoms with Crippen LogP contribution in [-0.2, 0) is 10.2 Å². The van der Waals surface area contributed by atoms with Gasteiger partial charge in [-0.3, -0.25) is 0 Å². The molecule has 1 aromatic heterocycles. The molecule has 2 heterocycles. The number of hydrogen-bond donors (Lipinski definition) is 1. The summed E-state index contributed by atoms with van der Waals surface area (Å²) in [6.07, 6.45) is -0.533. The molecule has 1 aliphatic rings. The number of carbonyl (C=O) groups excluding carboxylic acids is 1. The Morgan fingerprint density at radius 2 is 2.00 bits per heavy atom. The Morgan fingerprint density at radius 3 is 2.61 bits per heavy atom. The summed E-state index contributed by atoms with van der Waals surface area (Å²) in [5, 5.41) is 11.2. The second kappa shape index (κ2) is 6.23. The maximum Gasteiger partial charge on any atom is 0.407 e. The number of carbonyl (C=O) groups is 1. The quantitative estimate of drug-likeness (QED) is 0.866. The van der Waals surface area contributed by atoms with Gasteiger partial charge in [-0.15, -0.1) is 10.2 Å². The van der Waals surface area contributed by atoms with Gasteiger partial charge in [0, 0.05) is 11.3 Å². The molecular formula is C16H19N3O3S. The molecule has 1 aromatic carbocycles. The average molecular weight is 333 g/mol. The number of amides is 1. The summed E-state index contributed by atoms with van der Waals surface area (Å²) >= 11 is 1.39. The fourth-order valence-corrected chi connectivity index (χ4v) is 2.94. The molecule has 2 aromatic rings. The van der Waals surface area contributed by atoms with Gasteiger partial charge in [0.15, 0.2) is 0 Å². The van der Waals surface area contributed by atoms with Gasteiger partial charge in [0.2, 0.25) is 5.89 Å². The molecule has 1 atom stereocenters. The van der Waals surface area contributed by atoms with E-state index in [-0.39, 0.29) is 17.6 Å². The Hall–Kier alpha value is -2.02. The van der Waals surface area contributed by atoms with Gasteiger partial charge >= 0.3 is 6.09 Å². The lowest BCUT2D eigenvalue weighted by Crippen LogP contribution is -2.16. The zero-order chi connectivity index (χ0) is 16.4. The van der Waals surface area contributed by atoms with Crippen molar-refractivity contribution < 1.29 is 13.9 Å². The lowest BCUT2D eigenvalue weighted by Gasteiger charge is -2.18. The largest absolute Gasteiger partial charge is 0.443 e. The Kier molecular flexibility index (Phi) is 4.30. The number of rotatable bonds is 4. The minimum absolute atomic E-state index is 0.112. The summed E-state index contributed by atoms with van der Waals surface area (Å²) in [5.41, 5.74) is 2.26. The minimum Gasteiger partial charge on any atom is -0.443 e. The van der Waals surface area contributed by atoms with Crippen molar-refractivity contribution in [2.75, 3.05) is 12.3 Å². The molecule has 0 aliphatic carbocycles. The normalized spacial score (nSPS) is 17.9. The number of ether oxygens (including phenoxy) is 1. The van der Waals surface area contributed by atoms with Gasteiger partial charge in [0.1, 0.15) is 6.10 Å². The maximum absolute atomic E-state index is 11.0. The van der Waals surface area contributed by atoms with Crippen LogP contribution in [0.4, 0.5) is 4.79 Å².